The van der Waals surface area contributed by atoms with E-state index >= 15 is 0 Å². The summed E-state index contributed by atoms with van der Waals surface area (Å²) in [5.74, 6) is 1.24. The van der Waals surface area contributed by atoms with E-state index in [-0.39, 0.29) is 5.91 Å². The fourth-order valence-electron chi connectivity index (χ4n) is 2.65. The predicted octanol–water partition coefficient (Wildman–Crippen LogP) is 4.74. The van der Waals surface area contributed by atoms with Gasteiger partial charge in [-0.2, -0.15) is 0 Å². The summed E-state index contributed by atoms with van der Waals surface area (Å²) in [6, 6.07) is 20.0. The number of hydrogen-bond acceptors (Lipinski definition) is 2. The number of anilines is 1. The lowest BCUT2D eigenvalue weighted by Gasteiger charge is -2.07. The van der Waals surface area contributed by atoms with E-state index in [4.69, 9.17) is 4.42 Å². The first-order chi connectivity index (χ1) is 11.1. The summed E-state index contributed by atoms with van der Waals surface area (Å²) in [4.78, 5) is 12.3. The first-order valence-corrected chi connectivity index (χ1v) is 7.63. The maximum absolute atomic E-state index is 12.3. The molecule has 0 aliphatic rings. The molecule has 0 spiro atoms. The molecule has 1 amide bonds. The molecule has 23 heavy (non-hydrogen) atoms. The summed E-state index contributed by atoms with van der Waals surface area (Å²) in [5.41, 5.74) is 3.78. The van der Waals surface area contributed by atoms with Crippen molar-refractivity contribution in [3.8, 4) is 0 Å². The molecule has 1 N–H and O–H groups in total. The van der Waals surface area contributed by atoms with Gasteiger partial charge in [-0.1, -0.05) is 42.5 Å². The van der Waals surface area contributed by atoms with E-state index in [9.17, 15) is 4.79 Å². The van der Waals surface area contributed by atoms with Gasteiger partial charge >= 0.3 is 0 Å². The zero-order valence-electron chi connectivity index (χ0n) is 13.3. The smallest absolute Gasteiger partial charge is 0.259 e. The lowest BCUT2D eigenvalue weighted by molar-refractivity contribution is 0.102. The first-order valence-electron chi connectivity index (χ1n) is 7.63. The molecule has 0 bridgehead atoms. The Bertz CT molecular complexity index is 819. The summed E-state index contributed by atoms with van der Waals surface area (Å²) >= 11 is 0. The van der Waals surface area contributed by atoms with E-state index in [2.05, 4.69) is 23.5 Å². The van der Waals surface area contributed by atoms with Crippen LogP contribution >= 0.6 is 0 Å². The third-order valence-electron chi connectivity index (χ3n) is 3.72. The molecule has 3 heteroatoms. The second-order valence-corrected chi connectivity index (χ2v) is 5.64. The standard InChI is InChI=1S/C20H19NO2/c1-14-11-19(15(2)23-14)20(22)21-18-10-6-9-17(13-18)12-16-7-4-3-5-8-16/h3-11,13H,12H2,1-2H3,(H,21,22). The number of amides is 1. The van der Waals surface area contributed by atoms with Gasteiger partial charge in [0.2, 0.25) is 0 Å². The molecule has 0 unspecified atom stereocenters. The maximum Gasteiger partial charge on any atom is 0.259 e. The van der Waals surface area contributed by atoms with Crippen LogP contribution in [0, 0.1) is 13.8 Å². The number of carbonyl (C=O) groups is 1. The van der Waals surface area contributed by atoms with E-state index in [1.807, 2.05) is 43.3 Å². The molecule has 2 aromatic carbocycles. The number of carbonyl (C=O) groups excluding carboxylic acids is 1. The van der Waals surface area contributed by atoms with Gasteiger partial charge in [-0.15, -0.1) is 0 Å². The molecule has 0 aliphatic carbocycles. The Labute approximate surface area is 136 Å². The highest BCUT2D eigenvalue weighted by molar-refractivity contribution is 6.05. The number of hydrogen-bond donors (Lipinski definition) is 1. The second-order valence-electron chi connectivity index (χ2n) is 5.64. The Morgan fingerprint density at radius 3 is 2.39 bits per heavy atom. The molecule has 0 aliphatic heterocycles. The van der Waals surface area contributed by atoms with E-state index in [1.165, 1.54) is 5.56 Å². The predicted molar refractivity (Wildman–Crippen MR) is 91.8 cm³/mol. The van der Waals surface area contributed by atoms with Crippen molar-refractivity contribution in [2.24, 2.45) is 0 Å². The van der Waals surface area contributed by atoms with Crippen molar-refractivity contribution < 1.29 is 9.21 Å². The highest BCUT2D eigenvalue weighted by Gasteiger charge is 2.13. The van der Waals surface area contributed by atoms with Crippen molar-refractivity contribution in [3.05, 3.63) is 88.9 Å². The van der Waals surface area contributed by atoms with Gasteiger partial charge in [0.05, 0.1) is 5.56 Å². The highest BCUT2D eigenvalue weighted by Crippen LogP contribution is 2.18. The lowest BCUT2D eigenvalue weighted by Crippen LogP contribution is -2.12. The van der Waals surface area contributed by atoms with Gasteiger partial charge in [0.1, 0.15) is 11.5 Å². The minimum Gasteiger partial charge on any atom is -0.466 e. The van der Waals surface area contributed by atoms with Crippen LogP contribution < -0.4 is 5.32 Å². The van der Waals surface area contributed by atoms with E-state index in [1.54, 1.807) is 13.0 Å². The van der Waals surface area contributed by atoms with Crippen molar-refractivity contribution in [2.45, 2.75) is 20.3 Å². The van der Waals surface area contributed by atoms with E-state index in [0.29, 0.717) is 11.3 Å². The number of benzene rings is 2. The van der Waals surface area contributed by atoms with Crippen LogP contribution in [0.2, 0.25) is 0 Å². The summed E-state index contributed by atoms with van der Waals surface area (Å²) in [6.07, 6.45) is 0.842. The quantitative estimate of drug-likeness (QED) is 0.756. The highest BCUT2D eigenvalue weighted by atomic mass is 16.3. The van der Waals surface area contributed by atoms with Crippen LogP contribution in [0.4, 0.5) is 5.69 Å². The van der Waals surface area contributed by atoms with Gasteiger partial charge < -0.3 is 9.73 Å². The van der Waals surface area contributed by atoms with Crippen LogP contribution in [0.25, 0.3) is 0 Å². The number of furan rings is 1. The van der Waals surface area contributed by atoms with Crippen LogP contribution in [0.5, 0.6) is 0 Å². The summed E-state index contributed by atoms with van der Waals surface area (Å²) in [7, 11) is 0. The van der Waals surface area contributed by atoms with Crippen LogP contribution in [0.1, 0.15) is 33.0 Å². The second kappa shape index (κ2) is 6.53. The van der Waals surface area contributed by atoms with Crippen LogP contribution in [0.3, 0.4) is 0 Å². The Kier molecular flexibility index (Phi) is 4.29. The average molecular weight is 305 g/mol. The molecule has 1 aromatic heterocycles. The molecule has 1 heterocycles. The van der Waals surface area contributed by atoms with E-state index < -0.39 is 0 Å². The molecule has 0 saturated carbocycles. The Morgan fingerprint density at radius 2 is 1.70 bits per heavy atom. The molecular weight excluding hydrogens is 286 g/mol. The topological polar surface area (TPSA) is 42.2 Å². The maximum atomic E-state index is 12.3. The van der Waals surface area contributed by atoms with Crippen molar-refractivity contribution in [3.63, 3.8) is 0 Å². The molecule has 0 atom stereocenters. The molecule has 3 nitrogen and oxygen atoms in total. The average Bonchev–Trinajstić information content (AvgIpc) is 2.87. The third-order valence-corrected chi connectivity index (χ3v) is 3.72. The minimum atomic E-state index is -0.142. The summed E-state index contributed by atoms with van der Waals surface area (Å²) in [6.45, 7) is 3.64. The van der Waals surface area contributed by atoms with Gasteiger partial charge in [-0.05, 0) is 49.6 Å². The third kappa shape index (κ3) is 3.69. The van der Waals surface area contributed by atoms with Crippen LogP contribution in [-0.4, -0.2) is 5.91 Å². The van der Waals surface area contributed by atoms with E-state index in [0.717, 1.165) is 23.4 Å². The fourth-order valence-corrected chi connectivity index (χ4v) is 2.65. The van der Waals surface area contributed by atoms with Gasteiger partial charge in [0.15, 0.2) is 0 Å². The van der Waals surface area contributed by atoms with Gasteiger partial charge in [0.25, 0.3) is 5.91 Å². The molecule has 116 valence electrons. The number of rotatable bonds is 4. The Morgan fingerprint density at radius 1 is 0.957 bits per heavy atom. The number of nitrogens with one attached hydrogen (secondary N) is 1. The van der Waals surface area contributed by atoms with Crippen LogP contribution in [-0.2, 0) is 6.42 Å². The molecule has 0 saturated heterocycles. The number of aryl methyl sites for hydroxylation is 2. The van der Waals surface area contributed by atoms with Gasteiger partial charge in [-0.3, -0.25) is 4.79 Å². The SMILES string of the molecule is Cc1cc(C(=O)Nc2cccc(Cc3ccccc3)c2)c(C)o1. The van der Waals surface area contributed by atoms with Crippen molar-refractivity contribution >= 4 is 11.6 Å². The van der Waals surface area contributed by atoms with Gasteiger partial charge in [-0.25, -0.2) is 0 Å². The molecule has 0 fully saturated rings. The molecule has 0 radical (unpaired) electrons. The summed E-state index contributed by atoms with van der Waals surface area (Å²) < 4.78 is 5.42. The zero-order valence-corrected chi connectivity index (χ0v) is 13.3. The van der Waals surface area contributed by atoms with Crippen molar-refractivity contribution in [1.82, 2.24) is 0 Å². The van der Waals surface area contributed by atoms with Crippen molar-refractivity contribution in [2.75, 3.05) is 5.32 Å². The van der Waals surface area contributed by atoms with Gasteiger partial charge in [0, 0.05) is 5.69 Å². The molecular formula is C20H19NO2. The first kappa shape index (κ1) is 15.1. The summed E-state index contributed by atoms with van der Waals surface area (Å²) in [5, 5.41) is 2.94. The van der Waals surface area contributed by atoms with Crippen LogP contribution in [0.15, 0.2) is 65.1 Å². The fraction of sp³-hybridized carbons (Fsp3) is 0.150. The zero-order chi connectivity index (χ0) is 16.2. The normalized spacial score (nSPS) is 10.5. The Balaban J connectivity index is 1.75. The Hall–Kier alpha value is -2.81. The van der Waals surface area contributed by atoms with Crippen molar-refractivity contribution in [1.29, 1.82) is 0 Å². The lowest BCUT2D eigenvalue weighted by atomic mass is 10.0. The monoisotopic (exact) mass is 305 g/mol. The largest absolute Gasteiger partial charge is 0.466 e. The minimum absolute atomic E-state index is 0.142. The molecule has 3 aromatic rings. The molecule has 3 rings (SSSR count).